The molecule has 0 spiro atoms. The van der Waals surface area contributed by atoms with Crippen molar-refractivity contribution in [3.05, 3.63) is 0 Å². The maximum absolute atomic E-state index is 11.7. The largest absolute Gasteiger partial charge is 0.356 e. The fourth-order valence-corrected chi connectivity index (χ4v) is 6.81. The number of piperidine rings is 1. The third-order valence-corrected chi connectivity index (χ3v) is 8.89. The summed E-state index contributed by atoms with van der Waals surface area (Å²) in [6.07, 6.45) is 9.00. The van der Waals surface area contributed by atoms with Gasteiger partial charge in [0.15, 0.2) is 5.96 Å². The maximum Gasteiger partial charge on any atom is 0.211 e. The summed E-state index contributed by atoms with van der Waals surface area (Å²) < 4.78 is 24.9. The van der Waals surface area contributed by atoms with Gasteiger partial charge in [-0.25, -0.2) is 12.7 Å². The summed E-state index contributed by atoms with van der Waals surface area (Å²) in [5.74, 6) is 3.51. The lowest BCUT2D eigenvalue weighted by molar-refractivity contribution is 0.0956. The van der Waals surface area contributed by atoms with Crippen LogP contribution < -0.4 is 5.32 Å². The van der Waals surface area contributed by atoms with Crippen LogP contribution in [-0.4, -0.2) is 93.6 Å². The van der Waals surface area contributed by atoms with Crippen molar-refractivity contribution in [2.24, 2.45) is 22.7 Å². The molecule has 4 aliphatic rings. The van der Waals surface area contributed by atoms with Crippen molar-refractivity contribution in [1.29, 1.82) is 0 Å². The van der Waals surface area contributed by atoms with Crippen LogP contribution in [-0.2, 0) is 10.0 Å². The molecule has 2 saturated heterocycles. The third kappa shape index (κ3) is 5.57. The van der Waals surface area contributed by atoms with Gasteiger partial charge in [-0.15, -0.1) is 24.0 Å². The molecule has 2 aliphatic carbocycles. The maximum atomic E-state index is 11.7. The lowest BCUT2D eigenvalue weighted by Crippen LogP contribution is -2.56. The summed E-state index contributed by atoms with van der Waals surface area (Å²) in [6, 6.07) is 0.843. The predicted molar refractivity (Wildman–Crippen MR) is 128 cm³/mol. The highest BCUT2D eigenvalue weighted by Crippen LogP contribution is 2.46. The fourth-order valence-electron chi connectivity index (χ4n) is 5.94. The second-order valence-corrected chi connectivity index (χ2v) is 11.3. The highest BCUT2D eigenvalue weighted by Gasteiger charge is 2.42. The van der Waals surface area contributed by atoms with E-state index < -0.39 is 10.0 Å². The van der Waals surface area contributed by atoms with Gasteiger partial charge in [0.25, 0.3) is 0 Å². The molecule has 4 rings (SSSR count). The van der Waals surface area contributed by atoms with Gasteiger partial charge in [-0.05, 0) is 49.9 Å². The number of fused-ring (bicyclic) bond motifs is 2. The molecule has 0 aromatic carbocycles. The molecular formula is C20H38IN5O2S. The Morgan fingerprint density at radius 1 is 1.00 bits per heavy atom. The van der Waals surface area contributed by atoms with Gasteiger partial charge in [-0.3, -0.25) is 9.89 Å². The van der Waals surface area contributed by atoms with E-state index in [1.165, 1.54) is 31.9 Å². The summed E-state index contributed by atoms with van der Waals surface area (Å²) in [6.45, 7) is 6.59. The molecule has 1 N–H and O–H groups in total. The first-order valence-electron chi connectivity index (χ1n) is 11.1. The molecule has 0 aromatic heterocycles. The van der Waals surface area contributed by atoms with Crippen LogP contribution in [0.3, 0.4) is 0 Å². The molecule has 9 heteroatoms. The fraction of sp³-hybridized carbons (Fsp3) is 0.950. The zero-order valence-corrected chi connectivity index (χ0v) is 21.1. The second kappa shape index (κ2) is 9.99. The SMILES string of the molecule is CN=C(NCC1CCN(S(C)(=O)=O)CC1)N1CCN(C2CC3CCC2C3)CC1.I. The molecule has 7 nitrogen and oxygen atoms in total. The van der Waals surface area contributed by atoms with Crippen LogP contribution in [0.15, 0.2) is 4.99 Å². The van der Waals surface area contributed by atoms with Gasteiger partial charge in [-0.2, -0.15) is 0 Å². The molecule has 0 radical (unpaired) electrons. The number of hydrogen-bond donors (Lipinski definition) is 1. The second-order valence-electron chi connectivity index (χ2n) is 9.30. The van der Waals surface area contributed by atoms with Crippen LogP contribution in [0.1, 0.15) is 38.5 Å². The van der Waals surface area contributed by atoms with Crippen molar-refractivity contribution in [1.82, 2.24) is 19.4 Å². The van der Waals surface area contributed by atoms with Crippen molar-refractivity contribution >= 4 is 40.0 Å². The van der Waals surface area contributed by atoms with Crippen molar-refractivity contribution < 1.29 is 8.42 Å². The minimum atomic E-state index is -3.04. The quantitative estimate of drug-likeness (QED) is 0.335. The van der Waals surface area contributed by atoms with E-state index in [9.17, 15) is 8.42 Å². The molecule has 2 saturated carbocycles. The van der Waals surface area contributed by atoms with E-state index in [1.54, 1.807) is 4.31 Å². The highest BCUT2D eigenvalue weighted by molar-refractivity contribution is 14.0. The van der Waals surface area contributed by atoms with Gasteiger partial charge in [0.05, 0.1) is 6.26 Å². The third-order valence-electron chi connectivity index (χ3n) is 7.59. The first-order chi connectivity index (χ1) is 13.4. The Morgan fingerprint density at radius 3 is 2.21 bits per heavy atom. The Hall–Kier alpha value is -0.130. The number of rotatable bonds is 4. The monoisotopic (exact) mass is 539 g/mol. The van der Waals surface area contributed by atoms with Gasteiger partial charge in [0.2, 0.25) is 10.0 Å². The lowest BCUT2D eigenvalue weighted by atomic mass is 9.93. The minimum Gasteiger partial charge on any atom is -0.356 e. The molecule has 2 bridgehead atoms. The van der Waals surface area contributed by atoms with Gasteiger partial charge in [0, 0.05) is 58.9 Å². The number of piperazine rings is 1. The van der Waals surface area contributed by atoms with Crippen LogP contribution in [0.4, 0.5) is 0 Å². The summed E-state index contributed by atoms with van der Waals surface area (Å²) >= 11 is 0. The molecule has 4 fully saturated rings. The Morgan fingerprint density at radius 2 is 1.69 bits per heavy atom. The smallest absolute Gasteiger partial charge is 0.211 e. The molecule has 3 unspecified atom stereocenters. The Labute approximate surface area is 193 Å². The molecule has 29 heavy (non-hydrogen) atoms. The van der Waals surface area contributed by atoms with E-state index in [0.29, 0.717) is 19.0 Å². The summed E-state index contributed by atoms with van der Waals surface area (Å²) in [4.78, 5) is 9.66. The standard InChI is InChI=1S/C20H37N5O2S.HI/c1-21-20(22-15-16-5-7-25(8-6-16)28(2,26)27)24-11-9-23(10-12-24)19-14-17-3-4-18(19)13-17;/h16-19H,3-15H2,1-2H3,(H,21,22);1H. The van der Waals surface area contributed by atoms with E-state index in [0.717, 1.165) is 69.4 Å². The number of nitrogens with one attached hydrogen (secondary N) is 1. The van der Waals surface area contributed by atoms with Crippen molar-refractivity contribution in [2.45, 2.75) is 44.6 Å². The predicted octanol–water partition coefficient (Wildman–Crippen LogP) is 1.66. The van der Waals surface area contributed by atoms with Gasteiger partial charge in [-0.1, -0.05) is 6.42 Å². The first kappa shape index (κ1) is 23.5. The van der Waals surface area contributed by atoms with E-state index >= 15 is 0 Å². The normalized spacial score (nSPS) is 32.4. The van der Waals surface area contributed by atoms with Gasteiger partial charge in [0.1, 0.15) is 0 Å². The molecule has 168 valence electrons. The van der Waals surface area contributed by atoms with Crippen molar-refractivity contribution in [3.8, 4) is 0 Å². The van der Waals surface area contributed by atoms with E-state index in [4.69, 9.17) is 0 Å². The van der Waals surface area contributed by atoms with Crippen LogP contribution in [0.5, 0.6) is 0 Å². The summed E-state index contributed by atoms with van der Waals surface area (Å²) in [5, 5.41) is 3.56. The van der Waals surface area contributed by atoms with Crippen LogP contribution >= 0.6 is 24.0 Å². The van der Waals surface area contributed by atoms with Crippen molar-refractivity contribution in [2.75, 3.05) is 59.1 Å². The topological polar surface area (TPSA) is 68.2 Å². The van der Waals surface area contributed by atoms with E-state index in [2.05, 4.69) is 20.1 Å². The van der Waals surface area contributed by atoms with E-state index in [1.807, 2.05) is 7.05 Å². The van der Waals surface area contributed by atoms with Crippen LogP contribution in [0, 0.1) is 17.8 Å². The average molecular weight is 540 g/mol. The molecule has 3 atom stereocenters. The van der Waals surface area contributed by atoms with Crippen LogP contribution in [0.2, 0.25) is 0 Å². The Balaban J connectivity index is 0.00000240. The number of aliphatic imine (C=N–C) groups is 1. The zero-order valence-electron chi connectivity index (χ0n) is 17.9. The first-order valence-corrected chi connectivity index (χ1v) is 12.9. The summed E-state index contributed by atoms with van der Waals surface area (Å²) in [5.41, 5.74) is 0. The molecular weight excluding hydrogens is 501 g/mol. The number of guanidine groups is 1. The molecule has 0 amide bonds. The number of nitrogens with zero attached hydrogens (tertiary/aromatic N) is 4. The number of sulfonamides is 1. The molecule has 2 heterocycles. The molecule has 2 aliphatic heterocycles. The van der Waals surface area contributed by atoms with Gasteiger partial charge >= 0.3 is 0 Å². The molecule has 0 aromatic rings. The number of halogens is 1. The highest BCUT2D eigenvalue weighted by atomic mass is 127. The van der Waals surface area contributed by atoms with Crippen molar-refractivity contribution in [3.63, 3.8) is 0 Å². The number of hydrogen-bond acceptors (Lipinski definition) is 4. The Bertz CT molecular complexity index is 672. The van der Waals surface area contributed by atoms with E-state index in [-0.39, 0.29) is 24.0 Å². The van der Waals surface area contributed by atoms with Crippen LogP contribution in [0.25, 0.3) is 0 Å². The van der Waals surface area contributed by atoms with Gasteiger partial charge < -0.3 is 10.2 Å². The average Bonchev–Trinajstić information content (AvgIpc) is 3.32. The Kier molecular flexibility index (Phi) is 8.11. The zero-order chi connectivity index (χ0) is 19.7. The lowest BCUT2D eigenvalue weighted by Gasteiger charge is -2.42. The minimum absolute atomic E-state index is 0. The summed E-state index contributed by atoms with van der Waals surface area (Å²) in [7, 11) is -1.17.